The molecule has 0 unspecified atom stereocenters. The van der Waals surface area contributed by atoms with Crippen LogP contribution in [-0.4, -0.2) is 10.1 Å². The number of ether oxygens (including phenoxy) is 1. The fourth-order valence-corrected chi connectivity index (χ4v) is 2.68. The van der Waals surface area contributed by atoms with E-state index in [2.05, 4.69) is 34.4 Å². The summed E-state index contributed by atoms with van der Waals surface area (Å²) >= 11 is 0. The molecule has 128 valence electrons. The van der Waals surface area contributed by atoms with Gasteiger partial charge in [0.15, 0.2) is 5.76 Å². The van der Waals surface area contributed by atoms with Gasteiger partial charge in [-0.25, -0.2) is 0 Å². The fraction of sp³-hybridized carbons (Fsp3) is 0.0909. The van der Waals surface area contributed by atoms with E-state index in [-0.39, 0.29) is 0 Å². The van der Waals surface area contributed by atoms with Crippen molar-refractivity contribution in [2.24, 2.45) is 0 Å². The standard InChI is InChI=1S/C22H18N2O2/c1-2-6-18(7-3-1)16-25-20-11-9-17(10-12-20)14-19-15-22(26-24-19)21-8-4-5-13-23-21/h1-13,15H,14,16H2. The average molecular weight is 342 g/mol. The largest absolute Gasteiger partial charge is 0.489 e. The molecule has 4 aromatic rings. The molecule has 26 heavy (non-hydrogen) atoms. The Hall–Kier alpha value is -3.40. The number of nitrogens with zero attached hydrogens (tertiary/aromatic N) is 2. The third kappa shape index (κ3) is 3.98. The van der Waals surface area contributed by atoms with Crippen LogP contribution < -0.4 is 4.74 Å². The molecular weight excluding hydrogens is 324 g/mol. The second kappa shape index (κ2) is 7.66. The topological polar surface area (TPSA) is 48.2 Å². The summed E-state index contributed by atoms with van der Waals surface area (Å²) in [7, 11) is 0. The van der Waals surface area contributed by atoms with Gasteiger partial charge in [0, 0.05) is 18.7 Å². The lowest BCUT2D eigenvalue weighted by Crippen LogP contribution is -1.95. The molecule has 0 aliphatic heterocycles. The maximum atomic E-state index is 5.82. The van der Waals surface area contributed by atoms with Crippen LogP contribution in [0.4, 0.5) is 0 Å². The van der Waals surface area contributed by atoms with Gasteiger partial charge in [-0.1, -0.05) is 53.7 Å². The van der Waals surface area contributed by atoms with Crippen molar-refractivity contribution in [2.75, 3.05) is 0 Å². The molecule has 4 rings (SSSR count). The zero-order chi connectivity index (χ0) is 17.6. The van der Waals surface area contributed by atoms with E-state index in [1.54, 1.807) is 6.20 Å². The molecule has 2 aromatic heterocycles. The van der Waals surface area contributed by atoms with Crippen molar-refractivity contribution in [1.82, 2.24) is 10.1 Å². The van der Waals surface area contributed by atoms with Gasteiger partial charge in [0.2, 0.25) is 0 Å². The van der Waals surface area contributed by atoms with Crippen LogP contribution in [0, 0.1) is 0 Å². The number of hydrogen-bond donors (Lipinski definition) is 0. The van der Waals surface area contributed by atoms with E-state index in [1.165, 1.54) is 0 Å². The van der Waals surface area contributed by atoms with E-state index in [0.717, 1.165) is 28.3 Å². The van der Waals surface area contributed by atoms with E-state index in [1.807, 2.05) is 54.6 Å². The molecule has 0 radical (unpaired) electrons. The SMILES string of the molecule is c1ccc(COc2ccc(Cc3cc(-c4ccccn4)on3)cc2)cc1. The van der Waals surface area contributed by atoms with Crippen molar-refractivity contribution < 1.29 is 9.26 Å². The third-order valence-electron chi connectivity index (χ3n) is 4.03. The maximum Gasteiger partial charge on any atom is 0.185 e. The molecule has 0 spiro atoms. The number of rotatable bonds is 6. The summed E-state index contributed by atoms with van der Waals surface area (Å²) < 4.78 is 11.2. The Morgan fingerprint density at radius 1 is 0.808 bits per heavy atom. The highest BCUT2D eigenvalue weighted by Crippen LogP contribution is 2.20. The lowest BCUT2D eigenvalue weighted by Gasteiger charge is -2.07. The van der Waals surface area contributed by atoms with E-state index in [4.69, 9.17) is 9.26 Å². The Labute approximate surface area is 152 Å². The molecule has 0 saturated heterocycles. The molecular formula is C22H18N2O2. The van der Waals surface area contributed by atoms with Crippen molar-refractivity contribution >= 4 is 0 Å². The van der Waals surface area contributed by atoms with Crippen molar-refractivity contribution in [3.05, 3.63) is 102 Å². The Balaban J connectivity index is 1.38. The second-order valence-electron chi connectivity index (χ2n) is 5.99. The fourth-order valence-electron chi connectivity index (χ4n) is 2.68. The summed E-state index contributed by atoms with van der Waals surface area (Å²) in [6.45, 7) is 0.566. The highest BCUT2D eigenvalue weighted by molar-refractivity contribution is 5.51. The Morgan fingerprint density at radius 2 is 1.62 bits per heavy atom. The molecule has 4 nitrogen and oxygen atoms in total. The van der Waals surface area contributed by atoms with Crippen LogP contribution in [0.2, 0.25) is 0 Å². The Kier molecular flexibility index (Phi) is 4.74. The Bertz CT molecular complexity index is 948. The molecule has 0 saturated carbocycles. The van der Waals surface area contributed by atoms with Crippen LogP contribution in [0.25, 0.3) is 11.5 Å². The zero-order valence-electron chi connectivity index (χ0n) is 14.2. The highest BCUT2D eigenvalue weighted by atomic mass is 16.5. The monoisotopic (exact) mass is 342 g/mol. The molecule has 0 amide bonds. The van der Waals surface area contributed by atoms with Crippen molar-refractivity contribution in [3.8, 4) is 17.2 Å². The molecule has 0 aliphatic carbocycles. The molecule has 2 heterocycles. The molecule has 0 atom stereocenters. The van der Waals surface area contributed by atoms with Crippen LogP contribution in [0.3, 0.4) is 0 Å². The van der Waals surface area contributed by atoms with Gasteiger partial charge in [-0.05, 0) is 35.4 Å². The van der Waals surface area contributed by atoms with Gasteiger partial charge >= 0.3 is 0 Å². The maximum absolute atomic E-state index is 5.82. The van der Waals surface area contributed by atoms with Gasteiger partial charge in [-0.3, -0.25) is 4.98 Å². The summed E-state index contributed by atoms with van der Waals surface area (Å²) in [6, 6.07) is 25.8. The summed E-state index contributed by atoms with van der Waals surface area (Å²) in [5, 5.41) is 4.14. The van der Waals surface area contributed by atoms with Crippen LogP contribution in [-0.2, 0) is 13.0 Å². The summed E-state index contributed by atoms with van der Waals surface area (Å²) in [4.78, 5) is 4.28. The first-order chi connectivity index (χ1) is 12.9. The molecule has 2 aromatic carbocycles. The number of aromatic nitrogens is 2. The highest BCUT2D eigenvalue weighted by Gasteiger charge is 2.08. The first-order valence-electron chi connectivity index (χ1n) is 8.49. The minimum absolute atomic E-state index is 0.566. The van der Waals surface area contributed by atoms with E-state index >= 15 is 0 Å². The van der Waals surface area contributed by atoms with Gasteiger partial charge < -0.3 is 9.26 Å². The van der Waals surface area contributed by atoms with Crippen molar-refractivity contribution in [2.45, 2.75) is 13.0 Å². The lowest BCUT2D eigenvalue weighted by atomic mass is 10.1. The lowest BCUT2D eigenvalue weighted by molar-refractivity contribution is 0.306. The van der Waals surface area contributed by atoms with Gasteiger partial charge in [0.25, 0.3) is 0 Å². The van der Waals surface area contributed by atoms with Gasteiger partial charge in [-0.15, -0.1) is 0 Å². The molecule has 0 fully saturated rings. The number of benzene rings is 2. The van der Waals surface area contributed by atoms with Crippen molar-refractivity contribution in [1.29, 1.82) is 0 Å². The van der Waals surface area contributed by atoms with Crippen LogP contribution in [0.1, 0.15) is 16.8 Å². The molecule has 0 aliphatic rings. The van der Waals surface area contributed by atoms with E-state index in [9.17, 15) is 0 Å². The summed E-state index contributed by atoms with van der Waals surface area (Å²) in [5.74, 6) is 1.54. The first-order valence-corrected chi connectivity index (χ1v) is 8.49. The average Bonchev–Trinajstić information content (AvgIpc) is 3.17. The van der Waals surface area contributed by atoms with Crippen LogP contribution in [0.5, 0.6) is 5.75 Å². The third-order valence-corrected chi connectivity index (χ3v) is 4.03. The number of hydrogen-bond acceptors (Lipinski definition) is 4. The minimum atomic E-state index is 0.566. The van der Waals surface area contributed by atoms with Gasteiger partial charge in [0.1, 0.15) is 18.1 Å². The van der Waals surface area contributed by atoms with E-state index < -0.39 is 0 Å². The van der Waals surface area contributed by atoms with Gasteiger partial charge in [-0.2, -0.15) is 0 Å². The predicted octanol–water partition coefficient (Wildman–Crippen LogP) is 4.91. The summed E-state index contributed by atoms with van der Waals surface area (Å²) in [6.07, 6.45) is 2.45. The smallest absolute Gasteiger partial charge is 0.185 e. The minimum Gasteiger partial charge on any atom is -0.489 e. The quantitative estimate of drug-likeness (QED) is 0.500. The van der Waals surface area contributed by atoms with Crippen LogP contribution in [0.15, 0.2) is 89.6 Å². The molecule has 0 N–H and O–H groups in total. The zero-order valence-corrected chi connectivity index (χ0v) is 14.2. The van der Waals surface area contributed by atoms with Crippen molar-refractivity contribution in [3.63, 3.8) is 0 Å². The Morgan fingerprint density at radius 3 is 2.38 bits per heavy atom. The van der Waals surface area contributed by atoms with E-state index in [0.29, 0.717) is 18.8 Å². The second-order valence-corrected chi connectivity index (χ2v) is 5.99. The van der Waals surface area contributed by atoms with Crippen LogP contribution >= 0.6 is 0 Å². The summed E-state index contributed by atoms with van der Waals surface area (Å²) in [5.41, 5.74) is 3.97. The first kappa shape index (κ1) is 16.1. The molecule has 4 heteroatoms. The molecule has 0 bridgehead atoms. The number of pyridine rings is 1. The normalized spacial score (nSPS) is 10.6. The predicted molar refractivity (Wildman–Crippen MR) is 99.8 cm³/mol. The van der Waals surface area contributed by atoms with Gasteiger partial charge in [0.05, 0.1) is 5.69 Å².